The Bertz CT molecular complexity index is 220. The summed E-state index contributed by atoms with van der Waals surface area (Å²) < 4.78 is 0. The van der Waals surface area contributed by atoms with Gasteiger partial charge in [0.05, 0.1) is 0 Å². The Morgan fingerprint density at radius 1 is 1.47 bits per heavy atom. The molecular formula is C14H30N2S. The molecule has 0 aromatic rings. The van der Waals surface area contributed by atoms with Crippen LogP contribution in [0.25, 0.3) is 0 Å². The van der Waals surface area contributed by atoms with E-state index in [0.717, 1.165) is 12.5 Å². The minimum absolute atomic E-state index is 0.364. The first-order valence-electron chi connectivity index (χ1n) is 6.99. The molecule has 1 aliphatic rings. The number of nitrogens with zero attached hydrogens (tertiary/aromatic N) is 1. The molecule has 1 rings (SSSR count). The van der Waals surface area contributed by atoms with Crippen molar-refractivity contribution in [1.29, 1.82) is 0 Å². The Kier molecular flexibility index (Phi) is 6.32. The van der Waals surface area contributed by atoms with Gasteiger partial charge in [0.2, 0.25) is 0 Å². The van der Waals surface area contributed by atoms with Crippen molar-refractivity contribution in [1.82, 2.24) is 10.2 Å². The molecule has 1 fully saturated rings. The normalized spacial score (nSPS) is 31.1. The molecule has 17 heavy (non-hydrogen) atoms. The Morgan fingerprint density at radius 2 is 2.18 bits per heavy atom. The van der Waals surface area contributed by atoms with E-state index in [0.29, 0.717) is 11.6 Å². The van der Waals surface area contributed by atoms with Crippen molar-refractivity contribution < 1.29 is 0 Å². The van der Waals surface area contributed by atoms with Crippen molar-refractivity contribution in [3.05, 3.63) is 0 Å². The summed E-state index contributed by atoms with van der Waals surface area (Å²) in [5.74, 6) is 2.05. The summed E-state index contributed by atoms with van der Waals surface area (Å²) in [7, 11) is 0. The van der Waals surface area contributed by atoms with Gasteiger partial charge in [0.15, 0.2) is 0 Å². The summed E-state index contributed by atoms with van der Waals surface area (Å²) in [6.45, 7) is 13.0. The minimum atomic E-state index is 0.364. The first-order chi connectivity index (χ1) is 8.01. The van der Waals surface area contributed by atoms with Gasteiger partial charge >= 0.3 is 0 Å². The van der Waals surface area contributed by atoms with Crippen molar-refractivity contribution in [2.24, 2.45) is 5.92 Å². The SMILES string of the molecule is CCC1(C)CNC(CC(C)C)CN1CCSC. The summed E-state index contributed by atoms with van der Waals surface area (Å²) >= 11 is 1.96. The average molecular weight is 258 g/mol. The number of rotatable bonds is 6. The van der Waals surface area contributed by atoms with E-state index >= 15 is 0 Å². The van der Waals surface area contributed by atoms with Crippen LogP contribution >= 0.6 is 11.8 Å². The number of hydrogen-bond acceptors (Lipinski definition) is 3. The first kappa shape index (κ1) is 15.3. The molecule has 0 radical (unpaired) electrons. The van der Waals surface area contributed by atoms with Gasteiger partial charge in [-0.05, 0) is 31.9 Å². The van der Waals surface area contributed by atoms with Crippen LogP contribution in [0.2, 0.25) is 0 Å². The second-order valence-electron chi connectivity index (χ2n) is 6.00. The number of nitrogens with one attached hydrogen (secondary N) is 1. The average Bonchev–Trinajstić information content (AvgIpc) is 2.29. The lowest BCUT2D eigenvalue weighted by Crippen LogP contribution is -2.63. The molecule has 3 heteroatoms. The third kappa shape index (κ3) is 4.46. The molecule has 102 valence electrons. The van der Waals surface area contributed by atoms with Crippen LogP contribution in [0.3, 0.4) is 0 Å². The third-order valence-electron chi connectivity index (χ3n) is 4.06. The Balaban J connectivity index is 2.56. The van der Waals surface area contributed by atoms with E-state index in [2.05, 4.69) is 44.2 Å². The summed E-state index contributed by atoms with van der Waals surface area (Å²) in [6.07, 6.45) is 4.75. The fraction of sp³-hybridized carbons (Fsp3) is 1.00. The van der Waals surface area contributed by atoms with Crippen LogP contribution in [-0.4, -0.2) is 48.1 Å². The van der Waals surface area contributed by atoms with Gasteiger partial charge in [0.1, 0.15) is 0 Å². The van der Waals surface area contributed by atoms with Crippen molar-refractivity contribution in [3.63, 3.8) is 0 Å². The summed E-state index contributed by atoms with van der Waals surface area (Å²) in [4.78, 5) is 2.72. The molecule has 1 saturated heterocycles. The molecule has 0 saturated carbocycles. The Morgan fingerprint density at radius 3 is 2.71 bits per heavy atom. The van der Waals surface area contributed by atoms with Gasteiger partial charge < -0.3 is 5.32 Å². The lowest BCUT2D eigenvalue weighted by molar-refractivity contribution is 0.0505. The molecule has 0 aromatic carbocycles. The van der Waals surface area contributed by atoms with Crippen LogP contribution in [0.4, 0.5) is 0 Å². The second-order valence-corrected chi connectivity index (χ2v) is 6.98. The molecule has 2 unspecified atom stereocenters. The highest BCUT2D eigenvalue weighted by Gasteiger charge is 2.35. The van der Waals surface area contributed by atoms with Gasteiger partial charge in [-0.25, -0.2) is 0 Å². The summed E-state index contributed by atoms with van der Waals surface area (Å²) in [5.41, 5.74) is 0.364. The van der Waals surface area contributed by atoms with E-state index in [1.807, 2.05) is 11.8 Å². The minimum Gasteiger partial charge on any atom is -0.311 e. The van der Waals surface area contributed by atoms with E-state index in [1.165, 1.54) is 31.7 Å². The maximum Gasteiger partial charge on any atom is 0.0304 e. The van der Waals surface area contributed by atoms with Crippen LogP contribution in [0.5, 0.6) is 0 Å². The van der Waals surface area contributed by atoms with Gasteiger partial charge in [-0.1, -0.05) is 20.8 Å². The van der Waals surface area contributed by atoms with E-state index in [9.17, 15) is 0 Å². The van der Waals surface area contributed by atoms with E-state index in [4.69, 9.17) is 0 Å². The number of piperazine rings is 1. The zero-order valence-electron chi connectivity index (χ0n) is 12.3. The van der Waals surface area contributed by atoms with Crippen LogP contribution < -0.4 is 5.32 Å². The predicted molar refractivity (Wildman–Crippen MR) is 79.9 cm³/mol. The molecule has 0 aliphatic carbocycles. The molecule has 0 bridgehead atoms. The largest absolute Gasteiger partial charge is 0.311 e. The van der Waals surface area contributed by atoms with Gasteiger partial charge in [0, 0.05) is 37.0 Å². The Hall–Kier alpha value is 0.270. The lowest BCUT2D eigenvalue weighted by atomic mass is 9.90. The fourth-order valence-electron chi connectivity index (χ4n) is 2.67. The summed E-state index contributed by atoms with van der Waals surface area (Å²) in [5, 5.41) is 3.75. The molecule has 0 amide bonds. The highest BCUT2D eigenvalue weighted by atomic mass is 32.2. The molecule has 2 nitrogen and oxygen atoms in total. The number of hydrogen-bond donors (Lipinski definition) is 1. The maximum atomic E-state index is 3.75. The molecule has 1 aliphatic heterocycles. The van der Waals surface area contributed by atoms with Crippen molar-refractivity contribution in [2.75, 3.05) is 31.6 Å². The summed E-state index contributed by atoms with van der Waals surface area (Å²) in [6, 6.07) is 0.691. The quantitative estimate of drug-likeness (QED) is 0.789. The predicted octanol–water partition coefficient (Wildman–Crippen LogP) is 2.84. The van der Waals surface area contributed by atoms with Gasteiger partial charge in [-0.3, -0.25) is 4.90 Å². The van der Waals surface area contributed by atoms with E-state index in [-0.39, 0.29) is 0 Å². The molecule has 1 heterocycles. The van der Waals surface area contributed by atoms with Crippen LogP contribution in [0.15, 0.2) is 0 Å². The molecule has 1 N–H and O–H groups in total. The lowest BCUT2D eigenvalue weighted by Gasteiger charge is -2.48. The molecule has 0 aromatic heterocycles. The molecular weight excluding hydrogens is 228 g/mol. The van der Waals surface area contributed by atoms with E-state index in [1.54, 1.807) is 0 Å². The second kappa shape index (κ2) is 7.01. The zero-order chi connectivity index (χ0) is 12.9. The standard InChI is InChI=1S/C14H30N2S/c1-6-14(4)11-15-13(9-12(2)3)10-16(14)7-8-17-5/h12-13,15H,6-11H2,1-5H3. The zero-order valence-corrected chi connectivity index (χ0v) is 13.1. The highest BCUT2D eigenvalue weighted by molar-refractivity contribution is 7.98. The monoisotopic (exact) mass is 258 g/mol. The van der Waals surface area contributed by atoms with Crippen LogP contribution in [-0.2, 0) is 0 Å². The van der Waals surface area contributed by atoms with Crippen molar-refractivity contribution >= 4 is 11.8 Å². The van der Waals surface area contributed by atoms with Crippen LogP contribution in [0.1, 0.15) is 40.5 Å². The fourth-order valence-corrected chi connectivity index (χ4v) is 3.07. The first-order valence-corrected chi connectivity index (χ1v) is 8.38. The maximum absolute atomic E-state index is 3.75. The van der Waals surface area contributed by atoms with Crippen molar-refractivity contribution in [3.8, 4) is 0 Å². The topological polar surface area (TPSA) is 15.3 Å². The van der Waals surface area contributed by atoms with Gasteiger partial charge in [0.25, 0.3) is 0 Å². The van der Waals surface area contributed by atoms with Gasteiger partial charge in [-0.2, -0.15) is 11.8 Å². The van der Waals surface area contributed by atoms with Gasteiger partial charge in [-0.15, -0.1) is 0 Å². The van der Waals surface area contributed by atoms with E-state index < -0.39 is 0 Å². The molecule has 0 spiro atoms. The highest BCUT2D eigenvalue weighted by Crippen LogP contribution is 2.24. The van der Waals surface area contributed by atoms with Crippen molar-refractivity contribution in [2.45, 2.75) is 52.1 Å². The van der Waals surface area contributed by atoms with Crippen LogP contribution in [0, 0.1) is 5.92 Å². The molecule has 2 atom stereocenters. The third-order valence-corrected chi connectivity index (χ3v) is 4.65. The number of thioether (sulfide) groups is 1. The Labute approximate surface area is 112 Å². The smallest absolute Gasteiger partial charge is 0.0304 e.